The average molecular weight is 417 g/mol. The Morgan fingerprint density at radius 1 is 1.10 bits per heavy atom. The van der Waals surface area contributed by atoms with Crippen LogP contribution >= 0.6 is 0 Å². The number of benzene rings is 1. The van der Waals surface area contributed by atoms with Crippen molar-refractivity contribution in [2.24, 2.45) is 0 Å². The first kappa shape index (κ1) is 22.8. The van der Waals surface area contributed by atoms with Crippen LogP contribution in [0.5, 0.6) is 0 Å². The van der Waals surface area contributed by atoms with E-state index >= 15 is 0 Å². The van der Waals surface area contributed by atoms with Crippen molar-refractivity contribution in [3.63, 3.8) is 0 Å². The van der Waals surface area contributed by atoms with Gasteiger partial charge in [-0.3, -0.25) is 19.2 Å². The van der Waals surface area contributed by atoms with Gasteiger partial charge in [-0.05, 0) is 51.1 Å². The Hall–Kier alpha value is -3.49. The summed E-state index contributed by atoms with van der Waals surface area (Å²) in [5, 5.41) is 2.59. The van der Waals surface area contributed by atoms with Crippen LogP contribution in [0.3, 0.4) is 0 Å². The second-order valence-corrected chi connectivity index (χ2v) is 7.53. The lowest BCUT2D eigenvalue weighted by atomic mass is 10.1. The number of carbonyl (C=O) groups is 3. The summed E-state index contributed by atoms with van der Waals surface area (Å²) < 4.78 is 19.1. The highest BCUT2D eigenvalue weighted by atomic mass is 19.1. The minimum atomic E-state index is -0.749. The molecule has 2 rings (SSSR count). The molecule has 0 saturated carbocycles. The molecule has 0 aliphatic carbocycles. The van der Waals surface area contributed by atoms with Gasteiger partial charge in [-0.25, -0.2) is 4.39 Å². The number of hydrogen-bond acceptors (Lipinski definition) is 5. The average Bonchev–Trinajstić information content (AvgIpc) is 2.67. The lowest BCUT2D eigenvalue weighted by Crippen LogP contribution is -2.50. The number of amides is 2. The van der Waals surface area contributed by atoms with Crippen molar-refractivity contribution in [1.29, 1.82) is 0 Å². The van der Waals surface area contributed by atoms with E-state index < -0.39 is 35.7 Å². The van der Waals surface area contributed by atoms with E-state index in [4.69, 9.17) is 4.74 Å². The van der Waals surface area contributed by atoms with Gasteiger partial charge in [0, 0.05) is 23.5 Å². The lowest BCUT2D eigenvalue weighted by molar-refractivity contribution is -0.155. The molecule has 0 fully saturated rings. The second-order valence-electron chi connectivity index (χ2n) is 7.53. The van der Waals surface area contributed by atoms with Crippen LogP contribution in [0.1, 0.15) is 20.8 Å². The maximum Gasteiger partial charge on any atom is 0.326 e. The molecular formula is C21H24FN3O5. The molecule has 0 bridgehead atoms. The van der Waals surface area contributed by atoms with Gasteiger partial charge in [0.1, 0.15) is 18.9 Å². The zero-order valence-electron chi connectivity index (χ0n) is 17.1. The number of aromatic nitrogens is 1. The molecule has 2 amide bonds. The first-order chi connectivity index (χ1) is 14.1. The first-order valence-electron chi connectivity index (χ1n) is 9.23. The fraction of sp³-hybridized carbons (Fsp3) is 0.333. The van der Waals surface area contributed by atoms with Gasteiger partial charge in [0.05, 0.1) is 0 Å². The third-order valence-electron chi connectivity index (χ3n) is 4.10. The molecule has 1 aromatic carbocycles. The molecule has 30 heavy (non-hydrogen) atoms. The second kappa shape index (κ2) is 9.82. The number of hydrogen-bond donors (Lipinski definition) is 1. The van der Waals surface area contributed by atoms with Crippen molar-refractivity contribution in [3.05, 3.63) is 64.8 Å². The fourth-order valence-electron chi connectivity index (χ4n) is 2.57. The third-order valence-corrected chi connectivity index (χ3v) is 4.10. The molecule has 0 aliphatic heterocycles. The van der Waals surface area contributed by atoms with Crippen molar-refractivity contribution in [2.75, 3.05) is 18.5 Å². The van der Waals surface area contributed by atoms with Gasteiger partial charge in [0.25, 0.3) is 11.5 Å². The molecule has 0 unspecified atom stereocenters. The molecular weight excluding hydrogens is 393 g/mol. The van der Waals surface area contributed by atoms with Crippen LogP contribution in [0, 0.1) is 5.82 Å². The van der Waals surface area contributed by atoms with Crippen molar-refractivity contribution in [2.45, 2.75) is 32.9 Å². The van der Waals surface area contributed by atoms with Gasteiger partial charge in [-0.1, -0.05) is 6.07 Å². The monoisotopic (exact) mass is 417 g/mol. The van der Waals surface area contributed by atoms with Crippen LogP contribution in [-0.2, 0) is 25.7 Å². The van der Waals surface area contributed by atoms with Crippen LogP contribution in [0.4, 0.5) is 10.1 Å². The molecule has 160 valence electrons. The number of esters is 1. The Bertz CT molecular complexity index is 964. The normalized spacial score (nSPS) is 10.9. The molecule has 1 aromatic heterocycles. The molecule has 0 spiro atoms. The van der Waals surface area contributed by atoms with E-state index in [1.165, 1.54) is 41.4 Å². The standard InChI is InChI=1S/C21H24FN3O5/c1-21(2,3)25(12-17(26)23-16-9-7-15(22)8-10-16)19(28)14-30-20(29)13-24-11-5-4-6-18(24)27/h4-11H,12-14H2,1-3H3,(H,23,26). The van der Waals surface area contributed by atoms with Gasteiger partial charge < -0.3 is 19.5 Å². The van der Waals surface area contributed by atoms with E-state index in [0.717, 1.165) is 4.57 Å². The van der Waals surface area contributed by atoms with E-state index in [1.54, 1.807) is 32.9 Å². The summed E-state index contributed by atoms with van der Waals surface area (Å²) in [7, 11) is 0. The Labute approximate surface area is 173 Å². The molecule has 0 saturated heterocycles. The largest absolute Gasteiger partial charge is 0.454 e. The highest BCUT2D eigenvalue weighted by Crippen LogP contribution is 2.15. The highest BCUT2D eigenvalue weighted by Gasteiger charge is 2.29. The zero-order chi connectivity index (χ0) is 22.3. The third kappa shape index (κ3) is 6.84. The molecule has 1 heterocycles. The zero-order valence-corrected chi connectivity index (χ0v) is 17.1. The van der Waals surface area contributed by atoms with Crippen LogP contribution in [0.2, 0.25) is 0 Å². The van der Waals surface area contributed by atoms with Crippen LogP contribution < -0.4 is 10.9 Å². The van der Waals surface area contributed by atoms with Crippen LogP contribution in [0.15, 0.2) is 53.5 Å². The van der Waals surface area contributed by atoms with E-state index in [9.17, 15) is 23.6 Å². The summed E-state index contributed by atoms with van der Waals surface area (Å²) in [6.45, 7) is 4.04. The number of ether oxygens (including phenoxy) is 1. The topological polar surface area (TPSA) is 97.7 Å². The molecule has 0 radical (unpaired) electrons. The fourth-order valence-corrected chi connectivity index (χ4v) is 2.57. The number of anilines is 1. The molecule has 1 N–H and O–H groups in total. The number of nitrogens with one attached hydrogen (secondary N) is 1. The molecule has 0 atom stereocenters. The van der Waals surface area contributed by atoms with Gasteiger partial charge in [0.15, 0.2) is 6.61 Å². The van der Waals surface area contributed by atoms with Gasteiger partial charge >= 0.3 is 5.97 Å². The number of carbonyl (C=O) groups excluding carboxylic acids is 3. The van der Waals surface area contributed by atoms with E-state index in [-0.39, 0.29) is 18.6 Å². The van der Waals surface area contributed by atoms with E-state index in [2.05, 4.69) is 5.32 Å². The number of rotatable bonds is 7. The smallest absolute Gasteiger partial charge is 0.326 e. The summed E-state index contributed by atoms with van der Waals surface area (Å²) in [4.78, 5) is 49.8. The summed E-state index contributed by atoms with van der Waals surface area (Å²) in [6, 6.07) is 9.68. The Kier molecular flexibility index (Phi) is 7.46. The molecule has 9 heteroatoms. The quantitative estimate of drug-likeness (QED) is 0.693. The minimum Gasteiger partial charge on any atom is -0.454 e. The highest BCUT2D eigenvalue weighted by molar-refractivity contribution is 5.95. The predicted molar refractivity (Wildman–Crippen MR) is 108 cm³/mol. The van der Waals surface area contributed by atoms with E-state index in [0.29, 0.717) is 5.69 Å². The van der Waals surface area contributed by atoms with Crippen molar-refractivity contribution in [3.8, 4) is 0 Å². The van der Waals surface area contributed by atoms with E-state index in [1.807, 2.05) is 0 Å². The first-order valence-corrected chi connectivity index (χ1v) is 9.23. The SMILES string of the molecule is CC(C)(C)N(CC(=O)Nc1ccc(F)cc1)C(=O)COC(=O)Cn1ccccc1=O. The summed E-state index contributed by atoms with van der Waals surface area (Å²) >= 11 is 0. The number of halogens is 1. The van der Waals surface area contributed by atoms with Crippen LogP contribution in [0.25, 0.3) is 0 Å². The Morgan fingerprint density at radius 2 is 1.77 bits per heavy atom. The van der Waals surface area contributed by atoms with Gasteiger partial charge in [0.2, 0.25) is 5.91 Å². The lowest BCUT2D eigenvalue weighted by Gasteiger charge is -2.35. The van der Waals surface area contributed by atoms with Crippen molar-refractivity contribution >= 4 is 23.5 Å². The molecule has 2 aromatic rings. The summed E-state index contributed by atoms with van der Waals surface area (Å²) in [5.41, 5.74) is -0.697. The number of nitrogens with zero attached hydrogens (tertiary/aromatic N) is 2. The Balaban J connectivity index is 1.95. The molecule has 8 nitrogen and oxygen atoms in total. The number of pyridine rings is 1. The molecule has 0 aliphatic rings. The Morgan fingerprint density at radius 3 is 2.37 bits per heavy atom. The van der Waals surface area contributed by atoms with Gasteiger partial charge in [-0.2, -0.15) is 0 Å². The van der Waals surface area contributed by atoms with Crippen molar-refractivity contribution < 1.29 is 23.5 Å². The van der Waals surface area contributed by atoms with Gasteiger partial charge in [-0.15, -0.1) is 0 Å². The predicted octanol–water partition coefficient (Wildman–Crippen LogP) is 1.80. The summed E-state index contributed by atoms with van der Waals surface area (Å²) in [6.07, 6.45) is 1.44. The van der Waals surface area contributed by atoms with Crippen LogP contribution in [-0.4, -0.2) is 45.9 Å². The maximum absolute atomic E-state index is 13.0. The summed E-state index contributed by atoms with van der Waals surface area (Å²) in [5.74, 6) is -2.22. The van der Waals surface area contributed by atoms with Crippen molar-refractivity contribution in [1.82, 2.24) is 9.47 Å². The maximum atomic E-state index is 13.0. The minimum absolute atomic E-state index is 0.282.